The van der Waals surface area contributed by atoms with Gasteiger partial charge in [0.1, 0.15) is 18.1 Å². The summed E-state index contributed by atoms with van der Waals surface area (Å²) < 4.78 is 12.7. The van der Waals surface area contributed by atoms with Crippen molar-refractivity contribution in [3.8, 4) is 5.75 Å². The number of nitrogens with one attached hydrogen (secondary N) is 1. The third kappa shape index (κ3) is 3.23. The molecule has 1 N–H and O–H groups in total. The van der Waals surface area contributed by atoms with E-state index in [4.69, 9.17) is 9.15 Å². The van der Waals surface area contributed by atoms with Crippen molar-refractivity contribution in [2.24, 2.45) is 17.8 Å². The molecule has 1 aliphatic heterocycles. The smallest absolute Gasteiger partial charge is 0.308 e. The SMILES string of the molecule is COc1ccc(NC(=O)Cn2c3c(sc2=O)[C@H](c2ccco2)C2C4CCC(C4)C2S3)cc1. The van der Waals surface area contributed by atoms with Crippen LogP contribution in [0.5, 0.6) is 5.75 Å². The minimum absolute atomic E-state index is 0.0139. The van der Waals surface area contributed by atoms with E-state index in [0.717, 1.165) is 21.4 Å². The van der Waals surface area contributed by atoms with E-state index in [1.165, 1.54) is 30.6 Å². The summed E-state index contributed by atoms with van der Waals surface area (Å²) in [5, 5.41) is 4.35. The number of carbonyl (C=O) groups excluding carboxylic acids is 1. The van der Waals surface area contributed by atoms with Gasteiger partial charge in [-0.3, -0.25) is 14.2 Å². The van der Waals surface area contributed by atoms with Crippen LogP contribution in [0.4, 0.5) is 5.69 Å². The van der Waals surface area contributed by atoms with E-state index in [-0.39, 0.29) is 23.2 Å². The van der Waals surface area contributed by atoms with Crippen LogP contribution in [0.1, 0.15) is 35.8 Å². The second kappa shape index (κ2) is 7.85. The van der Waals surface area contributed by atoms with E-state index >= 15 is 0 Å². The molecule has 32 heavy (non-hydrogen) atoms. The van der Waals surface area contributed by atoms with Crippen LogP contribution < -0.4 is 14.9 Å². The summed E-state index contributed by atoms with van der Waals surface area (Å²) in [6.45, 7) is 0.0139. The summed E-state index contributed by atoms with van der Waals surface area (Å²) in [6.07, 6.45) is 5.54. The number of aromatic nitrogens is 1. The number of fused-ring (bicyclic) bond motifs is 6. The fourth-order valence-corrected chi connectivity index (χ4v) is 9.02. The highest BCUT2D eigenvalue weighted by atomic mass is 32.2. The molecule has 4 unspecified atom stereocenters. The normalized spacial score (nSPS) is 27.7. The van der Waals surface area contributed by atoms with Gasteiger partial charge in [-0.15, -0.1) is 11.8 Å². The molecule has 1 amide bonds. The maximum atomic E-state index is 13.0. The van der Waals surface area contributed by atoms with Crippen LogP contribution in [0, 0.1) is 17.8 Å². The molecule has 8 heteroatoms. The summed E-state index contributed by atoms with van der Waals surface area (Å²) in [4.78, 5) is 26.8. The predicted octanol–water partition coefficient (Wildman–Crippen LogP) is 4.80. The van der Waals surface area contributed by atoms with Crippen molar-refractivity contribution in [2.45, 2.75) is 42.0 Å². The topological polar surface area (TPSA) is 73.5 Å². The van der Waals surface area contributed by atoms with Gasteiger partial charge in [-0.25, -0.2) is 0 Å². The van der Waals surface area contributed by atoms with Gasteiger partial charge in [0.15, 0.2) is 0 Å². The Morgan fingerprint density at radius 3 is 2.78 bits per heavy atom. The Bertz CT molecular complexity index is 1200. The summed E-state index contributed by atoms with van der Waals surface area (Å²) in [7, 11) is 1.61. The van der Waals surface area contributed by atoms with E-state index in [2.05, 4.69) is 5.32 Å². The van der Waals surface area contributed by atoms with Crippen LogP contribution in [0.2, 0.25) is 0 Å². The molecule has 3 heterocycles. The maximum absolute atomic E-state index is 13.0. The first-order valence-electron chi connectivity index (χ1n) is 11.0. The first-order valence-corrected chi connectivity index (χ1v) is 12.7. The second-order valence-corrected chi connectivity index (χ2v) is 11.0. The Balaban J connectivity index is 1.32. The number of nitrogens with zero attached hydrogens (tertiary/aromatic N) is 1. The number of hydrogen-bond acceptors (Lipinski definition) is 6. The van der Waals surface area contributed by atoms with Crippen molar-refractivity contribution in [1.82, 2.24) is 4.57 Å². The van der Waals surface area contributed by atoms with Crippen LogP contribution in [-0.2, 0) is 11.3 Å². The van der Waals surface area contributed by atoms with Gasteiger partial charge < -0.3 is 14.5 Å². The van der Waals surface area contributed by atoms with E-state index in [0.29, 0.717) is 28.7 Å². The van der Waals surface area contributed by atoms with Crippen molar-refractivity contribution in [1.29, 1.82) is 0 Å². The molecule has 0 saturated heterocycles. The monoisotopic (exact) mass is 468 g/mol. The molecule has 1 aromatic carbocycles. The molecule has 6 nitrogen and oxygen atoms in total. The molecule has 0 spiro atoms. The van der Waals surface area contributed by atoms with Gasteiger partial charge in [0.2, 0.25) is 5.91 Å². The van der Waals surface area contributed by atoms with Crippen molar-refractivity contribution in [3.63, 3.8) is 0 Å². The number of rotatable bonds is 5. The fourth-order valence-electron chi connectivity index (χ4n) is 5.89. The van der Waals surface area contributed by atoms with Crippen LogP contribution in [0.3, 0.4) is 0 Å². The highest BCUT2D eigenvalue weighted by Gasteiger charge is 2.55. The molecule has 0 radical (unpaired) electrons. The van der Waals surface area contributed by atoms with E-state index in [1.807, 2.05) is 23.9 Å². The Hall–Kier alpha value is -2.45. The summed E-state index contributed by atoms with van der Waals surface area (Å²) in [6, 6.07) is 11.2. The average molecular weight is 469 g/mol. The molecular formula is C24H24N2O4S2. The number of amides is 1. The van der Waals surface area contributed by atoms with E-state index < -0.39 is 0 Å². The third-order valence-corrected chi connectivity index (χ3v) is 10.0. The van der Waals surface area contributed by atoms with Crippen molar-refractivity contribution >= 4 is 34.7 Å². The zero-order valence-corrected chi connectivity index (χ0v) is 19.3. The van der Waals surface area contributed by atoms with Gasteiger partial charge in [-0.2, -0.15) is 0 Å². The Morgan fingerprint density at radius 2 is 2.03 bits per heavy atom. The first kappa shape index (κ1) is 20.2. The molecule has 2 aliphatic carbocycles. The Kier molecular flexibility index (Phi) is 4.95. The molecule has 2 fully saturated rings. The van der Waals surface area contributed by atoms with E-state index in [1.54, 1.807) is 42.2 Å². The largest absolute Gasteiger partial charge is 0.497 e. The van der Waals surface area contributed by atoms with Gasteiger partial charge in [0.05, 0.1) is 29.2 Å². The van der Waals surface area contributed by atoms with Crippen molar-refractivity contribution < 1.29 is 13.9 Å². The molecule has 3 aliphatic rings. The number of thioether (sulfide) groups is 1. The van der Waals surface area contributed by atoms with Crippen LogP contribution in [-0.4, -0.2) is 22.8 Å². The number of anilines is 1. The average Bonchev–Trinajstić information content (AvgIpc) is 3.59. The lowest BCUT2D eigenvalue weighted by Crippen LogP contribution is -2.34. The molecule has 3 aromatic rings. The lowest BCUT2D eigenvalue weighted by atomic mass is 9.77. The summed E-state index contributed by atoms with van der Waals surface area (Å²) >= 11 is 3.11. The lowest BCUT2D eigenvalue weighted by molar-refractivity contribution is -0.116. The zero-order valence-electron chi connectivity index (χ0n) is 17.7. The highest BCUT2D eigenvalue weighted by Crippen LogP contribution is 2.64. The molecule has 6 rings (SSSR count). The molecule has 5 atom stereocenters. The van der Waals surface area contributed by atoms with E-state index in [9.17, 15) is 9.59 Å². The second-order valence-electron chi connectivity index (χ2n) is 8.89. The standard InChI is InChI=1S/C24H24N2O4S2/c1-29-16-8-6-15(7-9-16)25-18(27)12-26-23-22(32-24(26)28)20(17-3-2-10-30-17)19-13-4-5-14(11-13)21(19)31-23/h2-3,6-10,13-14,19-21H,4-5,11-12H2,1H3,(H,25,27)/t13?,14?,19?,20-,21?/m1/s1. The summed E-state index contributed by atoms with van der Waals surface area (Å²) in [5.74, 6) is 3.49. The zero-order chi connectivity index (χ0) is 21.8. The predicted molar refractivity (Wildman–Crippen MR) is 125 cm³/mol. The van der Waals surface area contributed by atoms with Crippen molar-refractivity contribution in [3.05, 3.63) is 63.0 Å². The number of furan rings is 1. The van der Waals surface area contributed by atoms with Crippen LogP contribution in [0.25, 0.3) is 0 Å². The van der Waals surface area contributed by atoms with Gasteiger partial charge in [-0.1, -0.05) is 11.3 Å². The van der Waals surface area contributed by atoms with Crippen LogP contribution in [0.15, 0.2) is 56.9 Å². The number of methoxy groups -OCH3 is 1. The number of carbonyl (C=O) groups is 1. The number of hydrogen-bond donors (Lipinski definition) is 1. The maximum Gasteiger partial charge on any atom is 0.308 e. The number of thiazole rings is 1. The van der Waals surface area contributed by atoms with Gasteiger partial charge in [0.25, 0.3) is 0 Å². The fraction of sp³-hybridized carbons (Fsp3) is 0.417. The molecule has 2 saturated carbocycles. The molecule has 166 valence electrons. The number of benzene rings is 1. The minimum atomic E-state index is -0.205. The third-order valence-electron chi connectivity index (χ3n) is 7.22. The quantitative estimate of drug-likeness (QED) is 0.582. The lowest BCUT2D eigenvalue weighted by Gasteiger charge is -2.39. The number of ether oxygens (including phenoxy) is 1. The first-order chi connectivity index (χ1) is 15.6. The minimum Gasteiger partial charge on any atom is -0.497 e. The Labute approximate surface area is 194 Å². The van der Waals surface area contributed by atoms with Gasteiger partial charge in [0, 0.05) is 10.9 Å². The molecule has 2 bridgehead atoms. The summed E-state index contributed by atoms with van der Waals surface area (Å²) in [5.41, 5.74) is 0.683. The Morgan fingerprint density at radius 1 is 1.22 bits per heavy atom. The highest BCUT2D eigenvalue weighted by molar-refractivity contribution is 8.00. The van der Waals surface area contributed by atoms with Gasteiger partial charge >= 0.3 is 4.87 Å². The van der Waals surface area contributed by atoms with Crippen LogP contribution >= 0.6 is 23.1 Å². The van der Waals surface area contributed by atoms with Crippen molar-refractivity contribution in [2.75, 3.05) is 12.4 Å². The molecular weight excluding hydrogens is 444 g/mol. The molecule has 2 aromatic heterocycles. The van der Waals surface area contributed by atoms with Gasteiger partial charge in [-0.05, 0) is 73.4 Å².